The number of allylic oxidation sites excluding steroid dienone is 4. The summed E-state index contributed by atoms with van der Waals surface area (Å²) in [6, 6.07) is 26.5. The van der Waals surface area contributed by atoms with E-state index in [4.69, 9.17) is 0 Å². The zero-order valence-corrected chi connectivity index (χ0v) is 27.5. The van der Waals surface area contributed by atoms with Crippen LogP contribution in [0.4, 0.5) is 0 Å². The van der Waals surface area contributed by atoms with E-state index >= 15 is 0 Å². The first-order chi connectivity index (χ1) is 18.1. The Balaban J connectivity index is 0.00000147. The van der Waals surface area contributed by atoms with Crippen LogP contribution in [-0.2, 0) is 39.0 Å². The van der Waals surface area contributed by atoms with E-state index in [0.717, 1.165) is 19.3 Å². The largest absolute Gasteiger partial charge is 3.00 e. The summed E-state index contributed by atoms with van der Waals surface area (Å²) in [5.74, 6) is 0. The second-order valence-corrected chi connectivity index (χ2v) is 10.2. The Morgan fingerprint density at radius 2 is 1.38 bits per heavy atom. The van der Waals surface area contributed by atoms with Crippen molar-refractivity contribution in [3.8, 4) is 0 Å². The Bertz CT molecular complexity index is 1770. The minimum absolute atomic E-state index is 0. The van der Waals surface area contributed by atoms with Crippen molar-refractivity contribution in [1.82, 2.24) is 0 Å². The predicted octanol–water partition coefficient (Wildman–Crippen LogP) is 1.33. The van der Waals surface area contributed by atoms with E-state index in [-0.39, 0.29) is 51.0 Å². The van der Waals surface area contributed by atoms with Gasteiger partial charge in [-0.3, -0.25) is 0 Å². The van der Waals surface area contributed by atoms with Gasteiger partial charge in [0.15, 0.2) is 0 Å². The molecule has 40 heavy (non-hydrogen) atoms. The average molecular weight is 640 g/mol. The van der Waals surface area contributed by atoms with Crippen LogP contribution in [0, 0.1) is 24.3 Å². The standard InChI is InChI=1S/C37H33.2ClH.Zr/c1-5-30-25(4)34(26-19-13-14-20-26)33-23-29-21-24(3)22-32(36(29)37(33)31(30)6-2)35(27-15-9-7-10-16-27)28-17-11-8-12-18-28;;;/h7-19,21-22H,5-6,20H2,1-4H3;2*1H;/q-1;;;+3/p-2. The summed E-state index contributed by atoms with van der Waals surface area (Å²) in [7, 11) is 0. The summed E-state index contributed by atoms with van der Waals surface area (Å²) >= 11 is 0. The van der Waals surface area contributed by atoms with Crippen molar-refractivity contribution >= 4 is 17.2 Å². The molecule has 0 aliphatic heterocycles. The molecule has 4 aromatic rings. The fraction of sp³-hybridized carbons (Fsp3) is 0.189. The molecule has 0 fully saturated rings. The molecule has 0 nitrogen and oxygen atoms in total. The molecular weight excluding hydrogens is 607 g/mol. The topological polar surface area (TPSA) is 0 Å². The molecule has 0 N–H and O–H groups in total. The number of hydrogen-bond donors (Lipinski definition) is 0. The number of rotatable bonds is 5. The van der Waals surface area contributed by atoms with Crippen LogP contribution >= 0.6 is 0 Å². The molecule has 0 heterocycles. The Kier molecular flexibility index (Phi) is 10.8. The van der Waals surface area contributed by atoms with Crippen molar-refractivity contribution in [2.24, 2.45) is 0 Å². The second-order valence-electron chi connectivity index (χ2n) is 10.2. The van der Waals surface area contributed by atoms with E-state index in [2.05, 4.69) is 125 Å². The molecule has 0 saturated heterocycles. The molecule has 0 atom stereocenters. The number of hydrogen-bond acceptors (Lipinski definition) is 0. The van der Waals surface area contributed by atoms with Gasteiger partial charge in [-0.05, 0) is 49.8 Å². The number of aryl methyl sites for hydroxylation is 1. The number of halogens is 2. The van der Waals surface area contributed by atoms with Crippen LogP contribution in [0.1, 0.15) is 64.8 Å². The minimum atomic E-state index is 0. The Labute approximate surface area is 269 Å². The van der Waals surface area contributed by atoms with Crippen molar-refractivity contribution in [3.05, 3.63) is 156 Å². The van der Waals surface area contributed by atoms with Gasteiger partial charge in [0, 0.05) is 0 Å². The van der Waals surface area contributed by atoms with Gasteiger partial charge in [0.2, 0.25) is 0 Å². The molecule has 199 valence electrons. The van der Waals surface area contributed by atoms with Crippen LogP contribution in [0.2, 0.25) is 0 Å². The van der Waals surface area contributed by atoms with Gasteiger partial charge in [-0.2, -0.15) is 0 Å². The minimum Gasteiger partial charge on any atom is -1.00 e. The maximum absolute atomic E-state index is 3.95. The Hall–Kier alpha value is -2.44. The van der Waals surface area contributed by atoms with E-state index in [0.29, 0.717) is 0 Å². The molecule has 3 heteroatoms. The molecule has 1 radical (unpaired) electrons. The molecule has 0 spiro atoms. The number of benzene rings is 4. The molecule has 2 aliphatic rings. The van der Waals surface area contributed by atoms with Crippen LogP contribution < -0.4 is 35.3 Å². The van der Waals surface area contributed by atoms with Crippen molar-refractivity contribution < 1.29 is 51.0 Å². The van der Waals surface area contributed by atoms with Crippen LogP contribution in [-0.4, -0.2) is 0 Å². The Morgan fingerprint density at radius 1 is 0.775 bits per heavy atom. The zero-order chi connectivity index (χ0) is 25.5. The third-order valence-electron chi connectivity index (χ3n) is 7.98. The third kappa shape index (κ3) is 5.42. The molecule has 0 amide bonds. The Morgan fingerprint density at radius 3 is 1.90 bits per heavy atom. The number of fused-ring (bicyclic) bond motifs is 2. The van der Waals surface area contributed by atoms with Crippen molar-refractivity contribution in [2.75, 3.05) is 0 Å². The van der Waals surface area contributed by atoms with E-state index < -0.39 is 0 Å². The van der Waals surface area contributed by atoms with Crippen molar-refractivity contribution in [2.45, 2.75) is 47.0 Å². The monoisotopic (exact) mass is 637 g/mol. The van der Waals surface area contributed by atoms with Crippen molar-refractivity contribution in [1.29, 1.82) is 0 Å². The maximum Gasteiger partial charge on any atom is 3.00 e. The summed E-state index contributed by atoms with van der Waals surface area (Å²) in [5, 5.41) is 5.36. The molecule has 4 aromatic carbocycles. The van der Waals surface area contributed by atoms with Gasteiger partial charge >= 0.3 is 26.2 Å². The second kappa shape index (κ2) is 13.5. The van der Waals surface area contributed by atoms with Crippen LogP contribution in [0.25, 0.3) is 17.2 Å². The fourth-order valence-electron chi connectivity index (χ4n) is 6.47. The normalized spacial score (nSPS) is 12.2. The van der Waals surface area contributed by atoms with Crippen LogP contribution in [0.5, 0.6) is 0 Å². The molecule has 2 aliphatic carbocycles. The van der Waals surface area contributed by atoms with Gasteiger partial charge in [-0.25, -0.2) is 0 Å². The molecular formula is C37H33Cl2Zr. The molecule has 0 unspecified atom stereocenters. The van der Waals surface area contributed by atoms with Crippen LogP contribution in [0.15, 0.2) is 91.0 Å². The van der Waals surface area contributed by atoms with Gasteiger partial charge in [-0.1, -0.05) is 137 Å². The molecule has 0 saturated carbocycles. The smallest absolute Gasteiger partial charge is 1.00 e. The van der Waals surface area contributed by atoms with Crippen molar-refractivity contribution in [3.63, 3.8) is 0 Å². The first-order valence-electron chi connectivity index (χ1n) is 13.6. The maximum atomic E-state index is 3.95. The fourth-order valence-corrected chi connectivity index (χ4v) is 6.47. The predicted molar refractivity (Wildman–Crippen MR) is 157 cm³/mol. The molecule has 0 bridgehead atoms. The zero-order valence-electron chi connectivity index (χ0n) is 23.5. The quantitative estimate of drug-likeness (QED) is 0.255. The summed E-state index contributed by atoms with van der Waals surface area (Å²) in [4.78, 5) is 0. The van der Waals surface area contributed by atoms with Gasteiger partial charge in [-0.15, -0.1) is 33.4 Å². The van der Waals surface area contributed by atoms with Gasteiger partial charge in [0.05, 0.1) is 0 Å². The van der Waals surface area contributed by atoms with Crippen LogP contribution in [0.3, 0.4) is 0 Å². The first-order valence-corrected chi connectivity index (χ1v) is 13.6. The first kappa shape index (κ1) is 32.1. The SMILES string of the molecule is CCc1c(C)c(C2=CC=CC2)c2c(c1CC)=c1c(cc(C)cc1=C(c1ccccc1)c1ccccc1)[C-]=2.[Cl-].[Cl-].[Zr+3]. The van der Waals surface area contributed by atoms with E-state index in [1.54, 1.807) is 0 Å². The van der Waals surface area contributed by atoms with E-state index in [1.807, 2.05) is 0 Å². The van der Waals surface area contributed by atoms with Gasteiger partial charge < -0.3 is 24.8 Å². The third-order valence-corrected chi connectivity index (χ3v) is 7.98. The average Bonchev–Trinajstić information content (AvgIpc) is 3.57. The van der Waals surface area contributed by atoms with E-state index in [9.17, 15) is 0 Å². The van der Waals surface area contributed by atoms with E-state index in [1.165, 1.54) is 76.5 Å². The molecule has 0 aromatic heterocycles. The summed E-state index contributed by atoms with van der Waals surface area (Å²) in [5.41, 5.74) is 13.5. The molecule has 6 rings (SSSR count). The summed E-state index contributed by atoms with van der Waals surface area (Å²) < 4.78 is 0. The van der Waals surface area contributed by atoms with Gasteiger partial charge in [0.25, 0.3) is 0 Å². The summed E-state index contributed by atoms with van der Waals surface area (Å²) in [6.07, 6.45) is 13.8. The van der Waals surface area contributed by atoms with Gasteiger partial charge in [0.1, 0.15) is 0 Å². The summed E-state index contributed by atoms with van der Waals surface area (Å²) in [6.45, 7) is 9.17.